The molecule has 1 aromatic heterocycles. The Morgan fingerprint density at radius 2 is 1.96 bits per heavy atom. The molecule has 0 aliphatic heterocycles. The topological polar surface area (TPSA) is 62.7 Å². The highest BCUT2D eigenvalue weighted by molar-refractivity contribution is 7.07. The Labute approximate surface area is 146 Å². The van der Waals surface area contributed by atoms with Crippen molar-refractivity contribution in [1.82, 2.24) is 10.6 Å². The highest BCUT2D eigenvalue weighted by Crippen LogP contribution is 2.07. The maximum atomic E-state index is 11.4. The second kappa shape index (κ2) is 9.72. The number of carbonyl (C=O) groups excluding carboxylic acids is 1. The number of hydrogen-bond acceptors (Lipinski definition) is 4. The molecular weight excluding hydrogens is 322 g/mol. The number of guanidine groups is 1. The van der Waals surface area contributed by atoms with E-state index in [1.165, 1.54) is 12.7 Å². The van der Waals surface area contributed by atoms with Crippen LogP contribution >= 0.6 is 11.3 Å². The molecule has 0 spiro atoms. The average molecular weight is 345 g/mol. The van der Waals surface area contributed by atoms with Crippen molar-refractivity contribution in [2.45, 2.75) is 19.9 Å². The van der Waals surface area contributed by atoms with Crippen LogP contribution in [0.4, 0.5) is 0 Å². The summed E-state index contributed by atoms with van der Waals surface area (Å²) in [7, 11) is 1.39. The van der Waals surface area contributed by atoms with Gasteiger partial charge in [0.05, 0.1) is 19.2 Å². The molecule has 0 aliphatic carbocycles. The molecule has 24 heavy (non-hydrogen) atoms. The van der Waals surface area contributed by atoms with Gasteiger partial charge in [0.2, 0.25) is 0 Å². The minimum atomic E-state index is -0.310. The maximum absolute atomic E-state index is 11.4. The van der Waals surface area contributed by atoms with Gasteiger partial charge in [0.15, 0.2) is 5.96 Å². The van der Waals surface area contributed by atoms with Crippen LogP contribution in [0.15, 0.2) is 46.1 Å². The van der Waals surface area contributed by atoms with Crippen LogP contribution < -0.4 is 10.6 Å². The number of methoxy groups -OCH3 is 1. The Balaban J connectivity index is 1.83. The van der Waals surface area contributed by atoms with Gasteiger partial charge < -0.3 is 15.4 Å². The zero-order valence-corrected chi connectivity index (χ0v) is 14.9. The van der Waals surface area contributed by atoms with Crippen LogP contribution in [0, 0.1) is 0 Å². The summed E-state index contributed by atoms with van der Waals surface area (Å²) in [5.74, 6) is 0.504. The zero-order valence-electron chi connectivity index (χ0n) is 14.0. The molecule has 6 heteroatoms. The van der Waals surface area contributed by atoms with Crippen LogP contribution in [0.1, 0.15) is 28.4 Å². The molecule has 0 saturated carbocycles. The van der Waals surface area contributed by atoms with Gasteiger partial charge in [-0.05, 0) is 53.4 Å². The number of aliphatic imine (C=N–C) groups is 1. The van der Waals surface area contributed by atoms with Gasteiger partial charge in [0.25, 0.3) is 0 Å². The number of carbonyl (C=O) groups is 1. The molecule has 128 valence electrons. The molecule has 2 rings (SSSR count). The molecule has 2 aromatic rings. The van der Waals surface area contributed by atoms with E-state index in [2.05, 4.69) is 32.5 Å². The van der Waals surface area contributed by atoms with Crippen LogP contribution in [-0.2, 0) is 17.7 Å². The van der Waals surface area contributed by atoms with E-state index in [1.807, 2.05) is 19.1 Å². The number of hydrogen-bond donors (Lipinski definition) is 2. The Morgan fingerprint density at radius 3 is 2.58 bits per heavy atom. The van der Waals surface area contributed by atoms with Crippen LogP contribution in [-0.4, -0.2) is 32.1 Å². The Hall–Kier alpha value is -2.34. The summed E-state index contributed by atoms with van der Waals surface area (Å²) in [5.41, 5.74) is 2.94. The summed E-state index contributed by atoms with van der Waals surface area (Å²) in [5, 5.41) is 10.7. The second-order valence-corrected chi connectivity index (χ2v) is 5.97. The van der Waals surface area contributed by atoms with Crippen LogP contribution in [0.2, 0.25) is 0 Å². The lowest BCUT2D eigenvalue weighted by Gasteiger charge is -2.11. The average Bonchev–Trinajstić information content (AvgIpc) is 3.13. The monoisotopic (exact) mass is 345 g/mol. The first-order chi connectivity index (χ1) is 11.7. The summed E-state index contributed by atoms with van der Waals surface area (Å²) in [4.78, 5) is 16.0. The van der Waals surface area contributed by atoms with E-state index in [0.717, 1.165) is 31.0 Å². The molecule has 0 amide bonds. The predicted octanol–water partition coefficient (Wildman–Crippen LogP) is 2.83. The number of nitrogens with zero attached hydrogens (tertiary/aromatic N) is 1. The Bertz CT molecular complexity index is 651. The normalized spacial score (nSPS) is 11.2. The second-order valence-electron chi connectivity index (χ2n) is 5.19. The van der Waals surface area contributed by atoms with Gasteiger partial charge in [-0.3, -0.25) is 0 Å². The van der Waals surface area contributed by atoms with E-state index >= 15 is 0 Å². The van der Waals surface area contributed by atoms with Gasteiger partial charge in [-0.1, -0.05) is 12.1 Å². The fourth-order valence-electron chi connectivity index (χ4n) is 2.15. The molecule has 0 saturated heterocycles. The quantitative estimate of drug-likeness (QED) is 0.460. The van der Waals surface area contributed by atoms with Gasteiger partial charge in [-0.25, -0.2) is 9.79 Å². The van der Waals surface area contributed by atoms with Crippen molar-refractivity contribution in [2.24, 2.45) is 4.99 Å². The fraction of sp³-hybridized carbons (Fsp3) is 0.333. The summed E-state index contributed by atoms with van der Waals surface area (Å²) in [6.07, 6.45) is 0.852. The van der Waals surface area contributed by atoms with Gasteiger partial charge >= 0.3 is 5.97 Å². The van der Waals surface area contributed by atoms with Gasteiger partial charge in [0, 0.05) is 13.1 Å². The lowest BCUT2D eigenvalue weighted by molar-refractivity contribution is 0.0600. The first-order valence-electron chi connectivity index (χ1n) is 7.93. The van der Waals surface area contributed by atoms with Crippen LogP contribution in [0.3, 0.4) is 0 Å². The SMILES string of the molecule is CCNC(=NCc1ccsc1)NCCc1ccc(C(=O)OC)cc1. The third-order valence-corrected chi connectivity index (χ3v) is 4.16. The molecular formula is C18H23N3O2S. The molecule has 1 aromatic carbocycles. The Morgan fingerprint density at radius 1 is 1.17 bits per heavy atom. The standard InChI is InChI=1S/C18H23N3O2S/c1-3-19-18(21-12-15-9-11-24-13-15)20-10-8-14-4-6-16(7-5-14)17(22)23-2/h4-7,9,11,13H,3,8,10,12H2,1-2H3,(H2,19,20,21). The molecule has 2 N–H and O–H groups in total. The van der Waals surface area contributed by atoms with Crippen molar-refractivity contribution in [3.05, 3.63) is 57.8 Å². The minimum Gasteiger partial charge on any atom is -0.465 e. The van der Waals surface area contributed by atoms with Crippen molar-refractivity contribution in [1.29, 1.82) is 0 Å². The first kappa shape index (κ1) is 18.0. The van der Waals surface area contributed by atoms with Crippen molar-refractivity contribution >= 4 is 23.3 Å². The molecule has 0 fully saturated rings. The van der Waals surface area contributed by atoms with E-state index in [1.54, 1.807) is 23.5 Å². The molecule has 1 heterocycles. The van der Waals surface area contributed by atoms with Crippen molar-refractivity contribution < 1.29 is 9.53 Å². The third kappa shape index (κ3) is 5.70. The summed E-state index contributed by atoms with van der Waals surface area (Å²) in [6.45, 7) is 4.32. The summed E-state index contributed by atoms with van der Waals surface area (Å²) >= 11 is 1.68. The molecule has 0 unspecified atom stereocenters. The smallest absolute Gasteiger partial charge is 0.337 e. The predicted molar refractivity (Wildman–Crippen MR) is 98.6 cm³/mol. The fourth-order valence-corrected chi connectivity index (χ4v) is 2.81. The number of esters is 1. The Kier molecular flexibility index (Phi) is 7.29. The van der Waals surface area contributed by atoms with Gasteiger partial charge in [-0.2, -0.15) is 11.3 Å². The summed E-state index contributed by atoms with van der Waals surface area (Å²) < 4.78 is 4.70. The highest BCUT2D eigenvalue weighted by atomic mass is 32.1. The zero-order chi connectivity index (χ0) is 17.2. The van der Waals surface area contributed by atoms with E-state index in [-0.39, 0.29) is 5.97 Å². The summed E-state index contributed by atoms with van der Waals surface area (Å²) in [6, 6.07) is 9.56. The minimum absolute atomic E-state index is 0.310. The largest absolute Gasteiger partial charge is 0.465 e. The number of benzene rings is 1. The third-order valence-electron chi connectivity index (χ3n) is 3.43. The van der Waals surface area contributed by atoms with E-state index in [9.17, 15) is 4.79 Å². The van der Waals surface area contributed by atoms with Crippen molar-refractivity contribution in [3.63, 3.8) is 0 Å². The van der Waals surface area contributed by atoms with E-state index in [0.29, 0.717) is 12.1 Å². The molecule has 5 nitrogen and oxygen atoms in total. The van der Waals surface area contributed by atoms with Gasteiger partial charge in [-0.15, -0.1) is 0 Å². The number of nitrogens with one attached hydrogen (secondary N) is 2. The molecule has 0 atom stereocenters. The molecule has 0 radical (unpaired) electrons. The lowest BCUT2D eigenvalue weighted by Crippen LogP contribution is -2.38. The first-order valence-corrected chi connectivity index (χ1v) is 8.87. The highest BCUT2D eigenvalue weighted by Gasteiger charge is 2.04. The lowest BCUT2D eigenvalue weighted by atomic mass is 10.1. The number of ether oxygens (including phenoxy) is 1. The van der Waals surface area contributed by atoms with E-state index < -0.39 is 0 Å². The number of thiophene rings is 1. The van der Waals surface area contributed by atoms with Crippen LogP contribution in [0.25, 0.3) is 0 Å². The maximum Gasteiger partial charge on any atom is 0.337 e. The van der Waals surface area contributed by atoms with E-state index in [4.69, 9.17) is 4.74 Å². The van der Waals surface area contributed by atoms with Crippen LogP contribution in [0.5, 0.6) is 0 Å². The molecule has 0 bridgehead atoms. The van der Waals surface area contributed by atoms with Gasteiger partial charge in [0.1, 0.15) is 0 Å². The van der Waals surface area contributed by atoms with Crippen molar-refractivity contribution in [3.8, 4) is 0 Å². The molecule has 0 aliphatic rings. The number of rotatable bonds is 7. The van der Waals surface area contributed by atoms with Crippen molar-refractivity contribution in [2.75, 3.05) is 20.2 Å².